The molecule has 1 aromatic heterocycles. The molecule has 0 radical (unpaired) electrons. The van der Waals surface area contributed by atoms with Crippen LogP contribution in [0.4, 0.5) is 13.6 Å². The highest BCUT2D eigenvalue weighted by molar-refractivity contribution is 7.88. The largest absolute Gasteiger partial charge is 0.619 e. The number of esters is 1. The van der Waals surface area contributed by atoms with Gasteiger partial charge in [-0.25, -0.2) is 18.0 Å². The number of pyridine rings is 1. The molecule has 17 heteroatoms. The minimum Gasteiger partial charge on any atom is -0.619 e. The molecule has 2 aliphatic rings. The van der Waals surface area contributed by atoms with E-state index >= 15 is 0 Å². The second-order valence-electron chi connectivity index (χ2n) is 14.1. The second kappa shape index (κ2) is 16.5. The number of sulfonamides is 1. The lowest BCUT2D eigenvalue weighted by atomic mass is 10.0. The van der Waals surface area contributed by atoms with Crippen molar-refractivity contribution in [3.05, 3.63) is 86.3 Å². The van der Waals surface area contributed by atoms with E-state index in [0.717, 1.165) is 44.3 Å². The van der Waals surface area contributed by atoms with Gasteiger partial charge in [0, 0.05) is 17.5 Å². The van der Waals surface area contributed by atoms with E-state index in [1.54, 1.807) is 20.8 Å². The van der Waals surface area contributed by atoms with E-state index in [-0.39, 0.29) is 68.8 Å². The van der Waals surface area contributed by atoms with Gasteiger partial charge < -0.3 is 28.9 Å². The van der Waals surface area contributed by atoms with Gasteiger partial charge in [-0.05, 0) is 88.1 Å². The summed E-state index contributed by atoms with van der Waals surface area (Å²) in [6.07, 6.45) is 4.45. The summed E-state index contributed by atoms with van der Waals surface area (Å²) < 4.78 is 80.8. The van der Waals surface area contributed by atoms with Gasteiger partial charge in [-0.3, -0.25) is 0 Å². The SMILES string of the molecule is CC(C)(C)OC(=O)N(Cc1ccc(C(=O)O[C@@H](Cc2c(Cl)c[n+]([O-])cc2Cl)c2ccc(OC(F)F)c(OCC3CC3)c2)cc1OCC1CC1)S(C)(=O)=O. The number of aromatic nitrogens is 1. The molecule has 12 nitrogen and oxygen atoms in total. The first kappa shape index (κ1) is 40.1. The molecule has 288 valence electrons. The highest BCUT2D eigenvalue weighted by Gasteiger charge is 2.32. The Morgan fingerprint density at radius 2 is 1.55 bits per heavy atom. The summed E-state index contributed by atoms with van der Waals surface area (Å²) in [5.41, 5.74) is -0.0765. The number of hydrogen-bond acceptors (Lipinski definition) is 10. The smallest absolute Gasteiger partial charge is 0.424 e. The van der Waals surface area contributed by atoms with Crippen molar-refractivity contribution in [2.45, 2.75) is 77.7 Å². The predicted molar refractivity (Wildman–Crippen MR) is 190 cm³/mol. The van der Waals surface area contributed by atoms with Crippen LogP contribution in [-0.4, -0.2) is 56.5 Å². The fraction of sp³-hybridized carbons (Fsp3) is 0.472. The Morgan fingerprint density at radius 3 is 2.09 bits per heavy atom. The average Bonchev–Trinajstić information content (AvgIpc) is 3.98. The van der Waals surface area contributed by atoms with Gasteiger partial charge in [0.1, 0.15) is 27.5 Å². The van der Waals surface area contributed by atoms with Crippen LogP contribution in [0.1, 0.15) is 79.6 Å². The Hall–Kier alpha value is -4.08. The van der Waals surface area contributed by atoms with Crippen molar-refractivity contribution < 1.29 is 55.2 Å². The summed E-state index contributed by atoms with van der Waals surface area (Å²) in [5, 5.41) is 12.0. The zero-order valence-corrected chi connectivity index (χ0v) is 31.8. The third kappa shape index (κ3) is 11.7. The van der Waals surface area contributed by atoms with Crippen LogP contribution in [0.3, 0.4) is 0 Å². The van der Waals surface area contributed by atoms with Crippen molar-refractivity contribution >= 4 is 45.3 Å². The number of nitrogens with zero attached hydrogens (tertiary/aromatic N) is 2. The van der Waals surface area contributed by atoms with Gasteiger partial charge in [0.05, 0.1) is 31.6 Å². The Labute approximate surface area is 316 Å². The maximum absolute atomic E-state index is 13.9. The molecule has 3 aromatic rings. The molecule has 2 saturated carbocycles. The maximum Gasteiger partial charge on any atom is 0.424 e. The second-order valence-corrected chi connectivity index (χ2v) is 16.8. The highest BCUT2D eigenvalue weighted by atomic mass is 35.5. The number of alkyl halides is 2. The molecule has 2 aromatic carbocycles. The molecule has 0 aliphatic heterocycles. The quantitative estimate of drug-likeness (QED) is 0.0805. The minimum atomic E-state index is -4.09. The molecular formula is C36H40Cl2F2N2O10S. The zero-order chi connectivity index (χ0) is 38.7. The lowest BCUT2D eigenvalue weighted by molar-refractivity contribution is -0.605. The number of carbonyl (C=O) groups excluding carboxylic acids is 2. The van der Waals surface area contributed by atoms with Crippen molar-refractivity contribution in [2.24, 2.45) is 11.8 Å². The standard InChI is InChI=1S/C36H40Cl2F2N2O10S/c1-36(2,3)52-35(44)42(53(4,46)47)16-25-10-9-24(14-30(25)48-19-21-5-6-21)33(43)50-31(15-26-27(37)17-41(45)18-28(26)38)23-11-12-29(51-34(39)40)32(13-23)49-20-22-7-8-22/h9-14,17-18,21-22,31,34H,5-8,15-16,19-20H2,1-4H3/t31-/m0/s1. The maximum atomic E-state index is 13.9. The van der Waals surface area contributed by atoms with Crippen molar-refractivity contribution in [1.82, 2.24) is 4.31 Å². The van der Waals surface area contributed by atoms with Crippen LogP contribution in [0.5, 0.6) is 17.2 Å². The van der Waals surface area contributed by atoms with E-state index in [9.17, 15) is 32.0 Å². The van der Waals surface area contributed by atoms with Gasteiger partial charge in [0.25, 0.3) is 0 Å². The van der Waals surface area contributed by atoms with Crippen molar-refractivity contribution in [1.29, 1.82) is 0 Å². The number of ether oxygens (including phenoxy) is 5. The predicted octanol–water partition coefficient (Wildman–Crippen LogP) is 7.64. The van der Waals surface area contributed by atoms with Crippen molar-refractivity contribution in [2.75, 3.05) is 19.5 Å². The minimum absolute atomic E-state index is 0.00283. The van der Waals surface area contributed by atoms with Crippen LogP contribution in [-0.2, 0) is 32.5 Å². The Morgan fingerprint density at radius 1 is 0.943 bits per heavy atom. The lowest BCUT2D eigenvalue weighted by Crippen LogP contribution is -2.39. The van der Waals surface area contributed by atoms with Crippen LogP contribution in [0, 0.1) is 17.0 Å². The molecule has 0 spiro atoms. The van der Waals surface area contributed by atoms with Crippen LogP contribution in [0.25, 0.3) is 0 Å². The number of rotatable bonds is 16. The molecular weight excluding hydrogens is 761 g/mol. The van der Waals surface area contributed by atoms with E-state index < -0.39 is 46.9 Å². The number of benzene rings is 2. The van der Waals surface area contributed by atoms with Crippen molar-refractivity contribution in [3.8, 4) is 17.2 Å². The summed E-state index contributed by atoms with van der Waals surface area (Å²) >= 11 is 12.8. The molecule has 2 fully saturated rings. The van der Waals surface area contributed by atoms with Gasteiger partial charge in [0.15, 0.2) is 23.9 Å². The summed E-state index contributed by atoms with van der Waals surface area (Å²) in [6.45, 7) is 1.83. The Balaban J connectivity index is 1.48. The van der Waals surface area contributed by atoms with Crippen LogP contribution in [0.2, 0.25) is 10.0 Å². The third-order valence-corrected chi connectivity index (χ3v) is 9.94. The molecule has 0 N–H and O–H groups in total. The molecule has 53 heavy (non-hydrogen) atoms. The fourth-order valence-corrected chi connectivity index (χ4v) is 6.36. The number of carbonyl (C=O) groups is 2. The van der Waals surface area contributed by atoms with E-state index in [4.69, 9.17) is 42.1 Å². The fourth-order valence-electron chi connectivity index (χ4n) is 5.08. The molecule has 0 bridgehead atoms. The van der Waals surface area contributed by atoms with Crippen molar-refractivity contribution in [3.63, 3.8) is 0 Å². The Kier molecular flexibility index (Phi) is 12.5. The molecule has 1 atom stereocenters. The van der Waals surface area contributed by atoms with E-state index in [2.05, 4.69) is 4.74 Å². The number of hydrogen-bond donors (Lipinski definition) is 0. The normalized spacial score (nSPS) is 15.1. The summed E-state index contributed by atoms with van der Waals surface area (Å²) in [4.78, 5) is 26.8. The Bertz CT molecular complexity index is 1910. The van der Waals surface area contributed by atoms with Gasteiger partial charge in [-0.1, -0.05) is 35.3 Å². The summed E-state index contributed by atoms with van der Waals surface area (Å²) in [5.74, 6) is -0.334. The van der Waals surface area contributed by atoms with Crippen LogP contribution >= 0.6 is 23.2 Å². The first-order chi connectivity index (χ1) is 24.9. The number of halogens is 4. The summed E-state index contributed by atoms with van der Waals surface area (Å²) in [7, 11) is -4.09. The summed E-state index contributed by atoms with van der Waals surface area (Å²) in [6, 6.07) is 8.37. The first-order valence-corrected chi connectivity index (χ1v) is 19.4. The monoisotopic (exact) mass is 800 g/mol. The molecule has 0 saturated heterocycles. The average molecular weight is 802 g/mol. The van der Waals surface area contributed by atoms with E-state index in [0.29, 0.717) is 21.2 Å². The molecule has 5 rings (SSSR count). The molecule has 2 aliphatic carbocycles. The molecule has 0 unspecified atom stereocenters. The van der Waals surface area contributed by atoms with E-state index in [1.807, 2.05) is 0 Å². The van der Waals surface area contributed by atoms with Gasteiger partial charge in [-0.15, -0.1) is 0 Å². The zero-order valence-electron chi connectivity index (χ0n) is 29.5. The van der Waals surface area contributed by atoms with Gasteiger partial charge in [-0.2, -0.15) is 17.8 Å². The highest BCUT2D eigenvalue weighted by Crippen LogP contribution is 2.39. The first-order valence-electron chi connectivity index (χ1n) is 16.8. The van der Waals surface area contributed by atoms with Gasteiger partial charge >= 0.3 is 18.7 Å². The third-order valence-electron chi connectivity index (χ3n) is 8.21. The number of amides is 1. The molecule has 1 amide bonds. The lowest BCUT2D eigenvalue weighted by Gasteiger charge is -2.26. The van der Waals surface area contributed by atoms with Crippen LogP contribution in [0.15, 0.2) is 48.8 Å². The van der Waals surface area contributed by atoms with Crippen LogP contribution < -0.4 is 18.9 Å². The van der Waals surface area contributed by atoms with E-state index in [1.165, 1.54) is 36.4 Å². The topological polar surface area (TPSA) is 145 Å². The molecule has 1 heterocycles. The van der Waals surface area contributed by atoms with Gasteiger partial charge in [0.2, 0.25) is 10.0 Å².